The van der Waals surface area contributed by atoms with Gasteiger partial charge in [-0.05, 0) is 19.1 Å². The molecule has 8 heteroatoms. The molecule has 2 aromatic heterocycles. The molecule has 0 radical (unpaired) electrons. The molecule has 0 fully saturated rings. The van der Waals surface area contributed by atoms with E-state index in [1.807, 2.05) is 28.8 Å². The molecule has 130 valence electrons. The Morgan fingerprint density at radius 1 is 1.28 bits per heavy atom. The topological polar surface area (TPSA) is 93.1 Å². The van der Waals surface area contributed by atoms with Crippen LogP contribution in [-0.4, -0.2) is 56.5 Å². The molecule has 3 aromatic rings. The second-order valence-corrected chi connectivity index (χ2v) is 5.50. The van der Waals surface area contributed by atoms with Crippen LogP contribution < -0.4 is 0 Å². The summed E-state index contributed by atoms with van der Waals surface area (Å²) in [5, 5.41) is 0. The molecule has 0 spiro atoms. The Kier molecular flexibility index (Phi) is 4.78. The van der Waals surface area contributed by atoms with Crippen LogP contribution in [-0.2, 0) is 11.3 Å². The van der Waals surface area contributed by atoms with Crippen molar-refractivity contribution in [2.24, 2.45) is 0 Å². The van der Waals surface area contributed by atoms with Crippen LogP contribution in [0.4, 0.5) is 0 Å². The summed E-state index contributed by atoms with van der Waals surface area (Å²) in [5.41, 5.74) is 2.06. The molecule has 0 atom stereocenters. The molecule has 0 saturated heterocycles. The molecule has 8 nitrogen and oxygen atoms in total. The van der Waals surface area contributed by atoms with E-state index in [2.05, 4.69) is 15.0 Å². The molecule has 25 heavy (non-hydrogen) atoms. The van der Waals surface area contributed by atoms with Crippen molar-refractivity contribution in [1.82, 2.24) is 24.4 Å². The van der Waals surface area contributed by atoms with E-state index in [-0.39, 0.29) is 23.9 Å². The number of fused-ring (bicyclic) bond motifs is 1. The van der Waals surface area contributed by atoms with Crippen molar-refractivity contribution in [3.8, 4) is 0 Å². The number of aromatic amines is 1. The van der Waals surface area contributed by atoms with Gasteiger partial charge in [0, 0.05) is 20.1 Å². The summed E-state index contributed by atoms with van der Waals surface area (Å²) >= 11 is 0. The Morgan fingerprint density at radius 2 is 2.08 bits per heavy atom. The third-order valence-corrected chi connectivity index (χ3v) is 3.87. The third-order valence-electron chi connectivity index (χ3n) is 3.87. The number of carbonyl (C=O) groups excluding carboxylic acids is 2. The van der Waals surface area contributed by atoms with Crippen LogP contribution in [0.1, 0.15) is 27.9 Å². The predicted octanol–water partition coefficient (Wildman–Crippen LogP) is 1.71. The molecule has 0 unspecified atom stereocenters. The number of ether oxygens (including phenoxy) is 1. The number of amides is 1. The fourth-order valence-corrected chi connectivity index (χ4v) is 2.54. The van der Waals surface area contributed by atoms with Crippen molar-refractivity contribution < 1.29 is 14.3 Å². The first-order valence-electron chi connectivity index (χ1n) is 7.97. The van der Waals surface area contributed by atoms with Gasteiger partial charge in [0.2, 0.25) is 0 Å². The maximum absolute atomic E-state index is 12.6. The van der Waals surface area contributed by atoms with Crippen molar-refractivity contribution in [1.29, 1.82) is 0 Å². The van der Waals surface area contributed by atoms with Gasteiger partial charge in [-0.1, -0.05) is 12.1 Å². The Balaban J connectivity index is 1.69. The van der Waals surface area contributed by atoms with Crippen LogP contribution in [0.3, 0.4) is 0 Å². The first-order chi connectivity index (χ1) is 12.1. The first kappa shape index (κ1) is 16.7. The van der Waals surface area contributed by atoms with E-state index in [4.69, 9.17) is 4.74 Å². The van der Waals surface area contributed by atoms with Gasteiger partial charge in [-0.15, -0.1) is 0 Å². The van der Waals surface area contributed by atoms with Gasteiger partial charge in [0.05, 0.1) is 30.3 Å². The Bertz CT molecular complexity index is 898. The molecule has 0 bridgehead atoms. The number of rotatable bonds is 6. The molecular formula is C17H19N5O3. The van der Waals surface area contributed by atoms with Crippen molar-refractivity contribution in [3.63, 3.8) is 0 Å². The zero-order valence-corrected chi connectivity index (χ0v) is 14.1. The molecule has 0 aliphatic carbocycles. The monoisotopic (exact) mass is 341 g/mol. The van der Waals surface area contributed by atoms with Gasteiger partial charge in [0.1, 0.15) is 0 Å². The van der Waals surface area contributed by atoms with Gasteiger partial charge < -0.3 is 19.2 Å². The number of H-pyrrole nitrogens is 1. The zero-order chi connectivity index (χ0) is 17.8. The predicted molar refractivity (Wildman–Crippen MR) is 91.2 cm³/mol. The number of para-hydroxylation sites is 2. The Labute approximate surface area is 144 Å². The van der Waals surface area contributed by atoms with E-state index in [9.17, 15) is 9.59 Å². The quantitative estimate of drug-likeness (QED) is 0.689. The lowest BCUT2D eigenvalue weighted by atomic mass is 10.3. The van der Waals surface area contributed by atoms with E-state index < -0.39 is 5.97 Å². The van der Waals surface area contributed by atoms with Crippen molar-refractivity contribution in [2.75, 3.05) is 20.2 Å². The number of aromatic nitrogens is 4. The molecule has 1 amide bonds. The highest BCUT2D eigenvalue weighted by molar-refractivity contribution is 6.02. The fraction of sp³-hybridized carbons (Fsp3) is 0.294. The van der Waals surface area contributed by atoms with Gasteiger partial charge in [-0.25, -0.2) is 14.8 Å². The standard InChI is InChI=1S/C17H19N5O3/c1-3-25-17(24)15-14(18-10-19-15)16(23)21(2)8-9-22-11-20-12-6-4-5-7-13(12)22/h4-7,10-11H,3,8-9H2,1-2H3,(H,18,19). The normalized spacial score (nSPS) is 10.8. The van der Waals surface area contributed by atoms with E-state index >= 15 is 0 Å². The third kappa shape index (κ3) is 3.37. The van der Waals surface area contributed by atoms with Crippen molar-refractivity contribution >= 4 is 22.9 Å². The number of carbonyl (C=O) groups is 2. The van der Waals surface area contributed by atoms with Gasteiger partial charge in [-0.3, -0.25) is 4.79 Å². The van der Waals surface area contributed by atoms with Gasteiger partial charge >= 0.3 is 5.97 Å². The second kappa shape index (κ2) is 7.16. The van der Waals surface area contributed by atoms with Crippen LogP contribution in [0.25, 0.3) is 11.0 Å². The molecular weight excluding hydrogens is 322 g/mol. The Morgan fingerprint density at radius 3 is 2.88 bits per heavy atom. The SMILES string of the molecule is CCOC(=O)c1[nH]cnc1C(=O)N(C)CCn1cnc2ccccc21. The summed E-state index contributed by atoms with van der Waals surface area (Å²) in [7, 11) is 1.67. The van der Waals surface area contributed by atoms with Crippen LogP contribution in [0.15, 0.2) is 36.9 Å². The summed E-state index contributed by atoms with van der Waals surface area (Å²) in [5.74, 6) is -0.925. The van der Waals surface area contributed by atoms with E-state index in [1.54, 1.807) is 20.3 Å². The lowest BCUT2D eigenvalue weighted by molar-refractivity contribution is 0.0513. The molecule has 2 heterocycles. The van der Waals surface area contributed by atoms with Crippen LogP contribution in [0.5, 0.6) is 0 Å². The van der Waals surface area contributed by atoms with E-state index in [0.717, 1.165) is 11.0 Å². The summed E-state index contributed by atoms with van der Waals surface area (Å²) in [6, 6.07) is 7.81. The molecule has 1 N–H and O–H groups in total. The lowest BCUT2D eigenvalue weighted by Crippen LogP contribution is -2.31. The summed E-state index contributed by atoms with van der Waals surface area (Å²) < 4.78 is 6.91. The molecule has 0 aliphatic heterocycles. The van der Waals surface area contributed by atoms with Crippen molar-refractivity contribution in [3.05, 3.63) is 48.3 Å². The van der Waals surface area contributed by atoms with Gasteiger partial charge in [-0.2, -0.15) is 0 Å². The van der Waals surface area contributed by atoms with Crippen molar-refractivity contribution in [2.45, 2.75) is 13.5 Å². The highest BCUT2D eigenvalue weighted by Crippen LogP contribution is 2.12. The number of esters is 1. The summed E-state index contributed by atoms with van der Waals surface area (Å²) in [6.45, 7) is 2.97. The van der Waals surface area contributed by atoms with E-state index in [1.165, 1.54) is 11.2 Å². The number of benzene rings is 1. The smallest absolute Gasteiger partial charge is 0.357 e. The lowest BCUT2D eigenvalue weighted by Gasteiger charge is -2.17. The van der Waals surface area contributed by atoms with E-state index in [0.29, 0.717) is 13.1 Å². The van der Waals surface area contributed by atoms with Gasteiger partial charge in [0.15, 0.2) is 11.4 Å². The number of nitrogens with one attached hydrogen (secondary N) is 1. The number of hydrogen-bond donors (Lipinski definition) is 1. The average molecular weight is 341 g/mol. The number of likely N-dealkylation sites (N-methyl/N-ethyl adjacent to an activating group) is 1. The Hall–Kier alpha value is -3.16. The molecule has 3 rings (SSSR count). The summed E-state index contributed by atoms with van der Waals surface area (Å²) in [4.78, 5) is 36.9. The average Bonchev–Trinajstić information content (AvgIpc) is 3.26. The zero-order valence-electron chi connectivity index (χ0n) is 14.1. The van der Waals surface area contributed by atoms with Crippen LogP contribution in [0.2, 0.25) is 0 Å². The maximum Gasteiger partial charge on any atom is 0.357 e. The largest absolute Gasteiger partial charge is 0.461 e. The second-order valence-electron chi connectivity index (χ2n) is 5.50. The van der Waals surface area contributed by atoms with Crippen LogP contribution in [0, 0.1) is 0 Å². The number of nitrogens with zero attached hydrogens (tertiary/aromatic N) is 4. The fourth-order valence-electron chi connectivity index (χ4n) is 2.54. The number of imidazole rings is 2. The minimum Gasteiger partial charge on any atom is -0.461 e. The maximum atomic E-state index is 12.6. The minimum atomic E-state index is -0.586. The minimum absolute atomic E-state index is 0.0661. The molecule has 0 saturated carbocycles. The highest BCUT2D eigenvalue weighted by atomic mass is 16.5. The number of hydrogen-bond acceptors (Lipinski definition) is 5. The highest BCUT2D eigenvalue weighted by Gasteiger charge is 2.23. The van der Waals surface area contributed by atoms with Gasteiger partial charge in [0.25, 0.3) is 5.91 Å². The molecule has 0 aliphatic rings. The first-order valence-corrected chi connectivity index (χ1v) is 7.97. The summed E-state index contributed by atoms with van der Waals surface area (Å²) in [6.07, 6.45) is 3.07. The molecule has 1 aromatic carbocycles. The van der Waals surface area contributed by atoms with Crippen LogP contribution >= 0.6 is 0 Å².